The van der Waals surface area contributed by atoms with Crippen LogP contribution < -0.4 is 11.3 Å². The molecule has 0 aliphatic rings. The molecule has 0 bridgehead atoms. The summed E-state index contributed by atoms with van der Waals surface area (Å²) in [4.78, 5) is 0. The highest BCUT2D eigenvalue weighted by atomic mass is 35.5. The summed E-state index contributed by atoms with van der Waals surface area (Å²) in [5, 5.41) is 0. The summed E-state index contributed by atoms with van der Waals surface area (Å²) in [7, 11) is 0. The lowest BCUT2D eigenvalue weighted by Crippen LogP contribution is -2.21. The summed E-state index contributed by atoms with van der Waals surface area (Å²) in [6.45, 7) is 4.92. The van der Waals surface area contributed by atoms with E-state index >= 15 is 0 Å². The predicted molar refractivity (Wildman–Crippen MR) is 54.2 cm³/mol. The van der Waals surface area contributed by atoms with E-state index in [1.165, 1.54) is 16.7 Å². The Morgan fingerprint density at radius 3 is 2.58 bits per heavy atom. The van der Waals surface area contributed by atoms with E-state index in [2.05, 4.69) is 37.5 Å². The molecule has 12 heavy (non-hydrogen) atoms. The molecule has 3 heteroatoms. The second-order valence-electron chi connectivity index (χ2n) is 2.81. The standard InChI is InChI=1S/C9H14N2.ClH/c1-7-3-4-8(2)9(5-7)6-11-10;/h3-5,11H,6,10H2,1-2H3;1H. The molecule has 2 nitrogen and oxygen atoms in total. The first-order valence-corrected chi connectivity index (χ1v) is 3.73. The van der Waals surface area contributed by atoms with Gasteiger partial charge in [-0.05, 0) is 25.0 Å². The Balaban J connectivity index is 0.00000121. The Kier molecular flexibility index (Phi) is 4.90. The van der Waals surface area contributed by atoms with Gasteiger partial charge in [0.1, 0.15) is 0 Å². The van der Waals surface area contributed by atoms with Crippen LogP contribution in [0, 0.1) is 13.8 Å². The molecule has 68 valence electrons. The fraction of sp³-hybridized carbons (Fsp3) is 0.333. The van der Waals surface area contributed by atoms with Crippen LogP contribution in [-0.2, 0) is 6.54 Å². The van der Waals surface area contributed by atoms with Gasteiger partial charge >= 0.3 is 0 Å². The number of halogens is 1. The third kappa shape index (κ3) is 2.81. The smallest absolute Gasteiger partial charge is 0.0351 e. The monoisotopic (exact) mass is 186 g/mol. The van der Waals surface area contributed by atoms with Crippen LogP contribution in [0.4, 0.5) is 0 Å². The van der Waals surface area contributed by atoms with Gasteiger partial charge in [-0.25, -0.2) is 0 Å². The van der Waals surface area contributed by atoms with Crippen molar-refractivity contribution >= 4 is 12.4 Å². The molecule has 0 aromatic heterocycles. The molecule has 0 aliphatic carbocycles. The van der Waals surface area contributed by atoms with Gasteiger partial charge in [0.15, 0.2) is 0 Å². The van der Waals surface area contributed by atoms with Crippen molar-refractivity contribution in [1.29, 1.82) is 0 Å². The molecule has 0 aliphatic heterocycles. The topological polar surface area (TPSA) is 38.0 Å². The number of hydrogen-bond donors (Lipinski definition) is 2. The number of aryl methyl sites for hydroxylation is 2. The van der Waals surface area contributed by atoms with Crippen molar-refractivity contribution in [3.8, 4) is 0 Å². The van der Waals surface area contributed by atoms with Gasteiger partial charge in [0.2, 0.25) is 0 Å². The summed E-state index contributed by atoms with van der Waals surface area (Å²) >= 11 is 0. The summed E-state index contributed by atoms with van der Waals surface area (Å²) < 4.78 is 0. The third-order valence-electron chi connectivity index (χ3n) is 1.80. The maximum absolute atomic E-state index is 5.23. The molecule has 0 saturated heterocycles. The van der Waals surface area contributed by atoms with Crippen molar-refractivity contribution in [1.82, 2.24) is 5.43 Å². The normalized spacial score (nSPS) is 9.25. The van der Waals surface area contributed by atoms with Crippen LogP contribution >= 0.6 is 12.4 Å². The number of hydrogen-bond acceptors (Lipinski definition) is 2. The highest BCUT2D eigenvalue weighted by Gasteiger charge is 1.95. The zero-order valence-corrected chi connectivity index (χ0v) is 8.24. The maximum atomic E-state index is 5.23. The van der Waals surface area contributed by atoms with Crippen LogP contribution in [0.2, 0.25) is 0 Å². The van der Waals surface area contributed by atoms with E-state index in [4.69, 9.17) is 5.84 Å². The predicted octanol–water partition coefficient (Wildman–Crippen LogP) is 1.69. The number of nitrogens with two attached hydrogens (primary N) is 1. The van der Waals surface area contributed by atoms with Crippen LogP contribution in [0.15, 0.2) is 18.2 Å². The number of benzene rings is 1. The highest BCUT2D eigenvalue weighted by Crippen LogP contribution is 2.09. The van der Waals surface area contributed by atoms with Crippen molar-refractivity contribution in [2.75, 3.05) is 0 Å². The summed E-state index contributed by atoms with van der Waals surface area (Å²) in [5.74, 6) is 5.23. The zero-order chi connectivity index (χ0) is 8.27. The molecule has 0 fully saturated rings. The first-order valence-electron chi connectivity index (χ1n) is 3.73. The van der Waals surface area contributed by atoms with Gasteiger partial charge in [0.25, 0.3) is 0 Å². The van der Waals surface area contributed by atoms with Crippen molar-refractivity contribution in [3.05, 3.63) is 34.9 Å². The van der Waals surface area contributed by atoms with Gasteiger partial charge in [-0.2, -0.15) is 0 Å². The number of hydrazine groups is 1. The van der Waals surface area contributed by atoms with E-state index in [0.29, 0.717) is 0 Å². The average Bonchev–Trinajstić information content (AvgIpc) is 1.98. The molecular weight excluding hydrogens is 172 g/mol. The molecule has 1 aromatic carbocycles. The van der Waals surface area contributed by atoms with E-state index in [1.54, 1.807) is 0 Å². The molecular formula is C9H15ClN2. The molecule has 0 unspecified atom stereocenters. The van der Waals surface area contributed by atoms with Gasteiger partial charge in [0, 0.05) is 6.54 Å². The van der Waals surface area contributed by atoms with Crippen LogP contribution in [0.25, 0.3) is 0 Å². The first kappa shape index (κ1) is 11.4. The van der Waals surface area contributed by atoms with E-state index in [9.17, 15) is 0 Å². The minimum Gasteiger partial charge on any atom is -0.271 e. The molecule has 0 amide bonds. The van der Waals surface area contributed by atoms with E-state index in [0.717, 1.165) is 6.54 Å². The second kappa shape index (κ2) is 5.14. The van der Waals surface area contributed by atoms with Crippen molar-refractivity contribution < 1.29 is 0 Å². The van der Waals surface area contributed by atoms with Gasteiger partial charge in [-0.3, -0.25) is 11.3 Å². The number of nitrogens with one attached hydrogen (secondary N) is 1. The Morgan fingerprint density at radius 2 is 2.00 bits per heavy atom. The van der Waals surface area contributed by atoms with Crippen molar-refractivity contribution in [3.63, 3.8) is 0 Å². The molecule has 0 radical (unpaired) electrons. The molecule has 0 spiro atoms. The minimum absolute atomic E-state index is 0. The maximum Gasteiger partial charge on any atom is 0.0351 e. The van der Waals surface area contributed by atoms with E-state index in [-0.39, 0.29) is 12.4 Å². The molecule has 1 aromatic rings. The zero-order valence-electron chi connectivity index (χ0n) is 7.42. The van der Waals surface area contributed by atoms with Crippen LogP contribution in [-0.4, -0.2) is 0 Å². The fourth-order valence-corrected chi connectivity index (χ4v) is 1.10. The first-order chi connectivity index (χ1) is 5.24. The summed E-state index contributed by atoms with van der Waals surface area (Å²) in [6, 6.07) is 6.37. The average molecular weight is 187 g/mol. The minimum atomic E-state index is 0. The Labute approximate surface area is 79.5 Å². The lowest BCUT2D eigenvalue weighted by atomic mass is 10.1. The van der Waals surface area contributed by atoms with E-state index < -0.39 is 0 Å². The Hall–Kier alpha value is -0.570. The van der Waals surface area contributed by atoms with Gasteiger partial charge in [-0.1, -0.05) is 23.8 Å². The van der Waals surface area contributed by atoms with Crippen LogP contribution in [0.5, 0.6) is 0 Å². The van der Waals surface area contributed by atoms with Gasteiger partial charge in [0.05, 0.1) is 0 Å². The highest BCUT2D eigenvalue weighted by molar-refractivity contribution is 5.85. The second-order valence-corrected chi connectivity index (χ2v) is 2.81. The quantitative estimate of drug-likeness (QED) is 0.545. The lowest BCUT2D eigenvalue weighted by molar-refractivity contribution is 0.737. The molecule has 3 N–H and O–H groups in total. The van der Waals surface area contributed by atoms with Gasteiger partial charge in [-0.15, -0.1) is 12.4 Å². The largest absolute Gasteiger partial charge is 0.271 e. The number of rotatable bonds is 2. The summed E-state index contributed by atoms with van der Waals surface area (Å²) in [5.41, 5.74) is 6.49. The van der Waals surface area contributed by atoms with Crippen LogP contribution in [0.3, 0.4) is 0 Å². The third-order valence-corrected chi connectivity index (χ3v) is 1.80. The SMILES string of the molecule is Cc1ccc(C)c(CNN)c1.Cl. The molecule has 1 rings (SSSR count). The molecule has 0 heterocycles. The van der Waals surface area contributed by atoms with Crippen molar-refractivity contribution in [2.45, 2.75) is 20.4 Å². The summed E-state index contributed by atoms with van der Waals surface area (Å²) in [6.07, 6.45) is 0. The fourth-order valence-electron chi connectivity index (χ4n) is 1.10. The molecule has 0 atom stereocenters. The van der Waals surface area contributed by atoms with Crippen molar-refractivity contribution in [2.24, 2.45) is 5.84 Å². The van der Waals surface area contributed by atoms with Gasteiger partial charge < -0.3 is 0 Å². The van der Waals surface area contributed by atoms with Crippen LogP contribution in [0.1, 0.15) is 16.7 Å². The Bertz CT molecular complexity index is 248. The van der Waals surface area contributed by atoms with E-state index in [1.807, 2.05) is 0 Å². The lowest BCUT2D eigenvalue weighted by Gasteiger charge is -2.05. The Morgan fingerprint density at radius 1 is 1.33 bits per heavy atom. The molecule has 0 saturated carbocycles.